The highest BCUT2D eigenvalue weighted by molar-refractivity contribution is 6.37. The second-order valence-electron chi connectivity index (χ2n) is 3.97. The molecule has 4 nitrogen and oxygen atoms in total. The quantitative estimate of drug-likeness (QED) is 0.791. The molecule has 94 valence electrons. The van der Waals surface area contributed by atoms with Crippen LogP contribution in [0.2, 0.25) is 5.02 Å². The minimum Gasteiger partial charge on any atom is -0.368 e. The van der Waals surface area contributed by atoms with E-state index < -0.39 is 11.8 Å². The molecule has 0 saturated carbocycles. The van der Waals surface area contributed by atoms with Crippen LogP contribution in [-0.4, -0.2) is 16.9 Å². The van der Waals surface area contributed by atoms with Crippen molar-refractivity contribution in [2.24, 2.45) is 0 Å². The zero-order valence-electron chi connectivity index (χ0n) is 9.67. The maximum atomic E-state index is 12.1. The molecule has 0 bridgehead atoms. The van der Waals surface area contributed by atoms with Gasteiger partial charge in [0.05, 0.1) is 16.1 Å². The van der Waals surface area contributed by atoms with E-state index in [0.29, 0.717) is 5.75 Å². The lowest BCUT2D eigenvalue weighted by Crippen LogP contribution is -2.33. The highest BCUT2D eigenvalue weighted by Crippen LogP contribution is 2.29. The first-order valence-electron chi connectivity index (χ1n) is 5.59. The smallest absolute Gasteiger partial charge is 0.296 e. The van der Waals surface area contributed by atoms with Crippen molar-refractivity contribution in [3.63, 3.8) is 0 Å². The number of nitrogens with zero attached hydrogens (tertiary/aromatic N) is 1. The molecule has 5 heteroatoms. The molecule has 1 heterocycles. The van der Waals surface area contributed by atoms with Crippen LogP contribution in [0.15, 0.2) is 48.5 Å². The molecule has 2 amide bonds. The number of imide groups is 1. The van der Waals surface area contributed by atoms with Gasteiger partial charge in [0, 0.05) is 0 Å². The fraction of sp³-hybridized carbons (Fsp3) is 0. The molecule has 0 radical (unpaired) electrons. The number of hydroxylamine groups is 2. The molecule has 0 N–H and O–H groups in total. The molecule has 1 aliphatic heterocycles. The van der Waals surface area contributed by atoms with E-state index in [1.54, 1.807) is 42.5 Å². The van der Waals surface area contributed by atoms with Crippen molar-refractivity contribution >= 4 is 23.4 Å². The summed E-state index contributed by atoms with van der Waals surface area (Å²) in [5.41, 5.74) is 0.443. The Morgan fingerprint density at radius 3 is 2.32 bits per heavy atom. The Morgan fingerprint density at radius 1 is 0.895 bits per heavy atom. The zero-order chi connectivity index (χ0) is 13.4. The number of hydrogen-bond acceptors (Lipinski definition) is 3. The SMILES string of the molecule is O=C1c2cccc(Cl)c2C(=O)N1Oc1ccccc1. The minimum absolute atomic E-state index is 0.185. The molecule has 2 aromatic carbocycles. The van der Waals surface area contributed by atoms with Crippen molar-refractivity contribution < 1.29 is 14.4 Å². The summed E-state index contributed by atoms with van der Waals surface area (Å²) in [7, 11) is 0. The lowest BCUT2D eigenvalue weighted by Gasteiger charge is -2.13. The van der Waals surface area contributed by atoms with Crippen LogP contribution in [0.3, 0.4) is 0 Å². The lowest BCUT2D eigenvalue weighted by atomic mass is 10.1. The van der Waals surface area contributed by atoms with E-state index in [2.05, 4.69) is 0 Å². The number of hydrogen-bond donors (Lipinski definition) is 0. The van der Waals surface area contributed by atoms with Crippen LogP contribution >= 0.6 is 11.6 Å². The largest absolute Gasteiger partial charge is 0.368 e. The summed E-state index contributed by atoms with van der Waals surface area (Å²) in [5, 5.41) is 0.973. The van der Waals surface area contributed by atoms with Gasteiger partial charge in [-0.15, -0.1) is 0 Å². The fourth-order valence-corrected chi connectivity index (χ4v) is 2.15. The number of rotatable bonds is 2. The maximum Gasteiger partial charge on any atom is 0.296 e. The molecule has 0 unspecified atom stereocenters. The molecule has 0 aliphatic carbocycles. The monoisotopic (exact) mass is 273 g/mol. The van der Waals surface area contributed by atoms with Gasteiger partial charge in [0.25, 0.3) is 11.8 Å². The molecule has 0 fully saturated rings. The first-order valence-corrected chi connectivity index (χ1v) is 5.96. The number of benzene rings is 2. The molecular formula is C14H8ClNO3. The summed E-state index contributed by atoms with van der Waals surface area (Å²) in [6.07, 6.45) is 0. The molecule has 0 saturated heterocycles. The van der Waals surface area contributed by atoms with Gasteiger partial charge in [-0.1, -0.05) is 40.9 Å². The second kappa shape index (κ2) is 4.40. The Kier molecular flexibility index (Phi) is 2.72. The van der Waals surface area contributed by atoms with E-state index >= 15 is 0 Å². The Balaban J connectivity index is 1.97. The summed E-state index contributed by atoms with van der Waals surface area (Å²) < 4.78 is 0. The zero-order valence-corrected chi connectivity index (χ0v) is 10.4. The van der Waals surface area contributed by atoms with Crippen molar-refractivity contribution in [3.05, 3.63) is 64.7 Å². The van der Waals surface area contributed by atoms with E-state index in [4.69, 9.17) is 16.4 Å². The number of carbonyl (C=O) groups excluding carboxylic acids is 2. The molecule has 0 atom stereocenters. The standard InChI is InChI=1S/C14H8ClNO3/c15-11-8-4-7-10-12(11)14(18)16(13(10)17)19-9-5-2-1-3-6-9/h1-8H. The number of carbonyl (C=O) groups is 2. The summed E-state index contributed by atoms with van der Waals surface area (Å²) in [5.74, 6) is -0.645. The molecule has 0 spiro atoms. The Labute approximate surface area is 114 Å². The molecule has 19 heavy (non-hydrogen) atoms. The van der Waals surface area contributed by atoms with Crippen LogP contribution in [0.5, 0.6) is 5.75 Å². The molecule has 3 rings (SSSR count). The van der Waals surface area contributed by atoms with Gasteiger partial charge >= 0.3 is 0 Å². The Hall–Kier alpha value is -2.33. The number of amides is 2. The van der Waals surface area contributed by atoms with E-state index in [1.165, 1.54) is 0 Å². The minimum atomic E-state index is -0.547. The van der Waals surface area contributed by atoms with Crippen LogP contribution in [-0.2, 0) is 0 Å². The average molecular weight is 274 g/mol. The fourth-order valence-electron chi connectivity index (χ4n) is 1.89. The van der Waals surface area contributed by atoms with Crippen molar-refractivity contribution in [3.8, 4) is 5.75 Å². The van der Waals surface area contributed by atoms with Gasteiger partial charge in [0.1, 0.15) is 0 Å². The number of fused-ring (bicyclic) bond motifs is 1. The number of halogens is 1. The highest BCUT2D eigenvalue weighted by atomic mass is 35.5. The van der Waals surface area contributed by atoms with Crippen LogP contribution in [0.25, 0.3) is 0 Å². The Morgan fingerprint density at radius 2 is 1.63 bits per heavy atom. The van der Waals surface area contributed by atoms with Gasteiger partial charge in [0.2, 0.25) is 0 Å². The van der Waals surface area contributed by atoms with Gasteiger partial charge in [-0.25, -0.2) is 0 Å². The molecule has 2 aromatic rings. The van der Waals surface area contributed by atoms with E-state index in [0.717, 1.165) is 5.06 Å². The molecule has 1 aliphatic rings. The predicted molar refractivity (Wildman–Crippen MR) is 69.0 cm³/mol. The van der Waals surface area contributed by atoms with Crippen LogP contribution in [0.1, 0.15) is 20.7 Å². The van der Waals surface area contributed by atoms with E-state index in [1.807, 2.05) is 6.07 Å². The Bertz CT molecular complexity index is 670. The van der Waals surface area contributed by atoms with Gasteiger partial charge in [-0.2, -0.15) is 0 Å². The van der Waals surface area contributed by atoms with Crippen LogP contribution in [0, 0.1) is 0 Å². The maximum absolute atomic E-state index is 12.1. The van der Waals surface area contributed by atoms with E-state index in [-0.39, 0.29) is 16.1 Å². The third-order valence-electron chi connectivity index (χ3n) is 2.77. The summed E-state index contributed by atoms with van der Waals surface area (Å²) in [6.45, 7) is 0. The van der Waals surface area contributed by atoms with Crippen molar-refractivity contribution in [1.82, 2.24) is 5.06 Å². The van der Waals surface area contributed by atoms with E-state index in [9.17, 15) is 9.59 Å². The topological polar surface area (TPSA) is 46.6 Å². The first kappa shape index (κ1) is 11.7. The third-order valence-corrected chi connectivity index (χ3v) is 3.08. The van der Waals surface area contributed by atoms with Crippen LogP contribution < -0.4 is 4.84 Å². The van der Waals surface area contributed by atoms with Gasteiger partial charge in [0.15, 0.2) is 5.75 Å². The normalized spacial score (nSPS) is 13.6. The van der Waals surface area contributed by atoms with Gasteiger partial charge in [-0.05, 0) is 24.3 Å². The summed E-state index contributed by atoms with van der Waals surface area (Å²) in [4.78, 5) is 29.5. The lowest BCUT2D eigenvalue weighted by molar-refractivity contribution is -0.0140. The molecular weight excluding hydrogens is 266 g/mol. The van der Waals surface area contributed by atoms with Crippen LogP contribution in [0.4, 0.5) is 0 Å². The summed E-state index contributed by atoms with van der Waals surface area (Å²) >= 11 is 5.94. The third kappa shape index (κ3) is 1.86. The highest BCUT2D eigenvalue weighted by Gasteiger charge is 2.39. The van der Waals surface area contributed by atoms with Gasteiger partial charge < -0.3 is 4.84 Å². The van der Waals surface area contributed by atoms with Crippen molar-refractivity contribution in [2.75, 3.05) is 0 Å². The van der Waals surface area contributed by atoms with Crippen molar-refractivity contribution in [2.45, 2.75) is 0 Å². The molecule has 0 aromatic heterocycles. The van der Waals surface area contributed by atoms with Gasteiger partial charge in [-0.3, -0.25) is 9.59 Å². The number of para-hydroxylation sites is 1. The predicted octanol–water partition coefficient (Wildman–Crippen LogP) is 2.93. The van der Waals surface area contributed by atoms with Crippen molar-refractivity contribution in [1.29, 1.82) is 0 Å². The second-order valence-corrected chi connectivity index (χ2v) is 4.38. The summed E-state index contributed by atoms with van der Waals surface area (Å²) in [6, 6.07) is 13.4. The average Bonchev–Trinajstić information content (AvgIpc) is 2.66. The first-order chi connectivity index (χ1) is 9.18.